The van der Waals surface area contributed by atoms with Crippen LogP contribution >= 0.6 is 0 Å². The Hall–Kier alpha value is -0.930. The van der Waals surface area contributed by atoms with Crippen molar-refractivity contribution in [1.82, 2.24) is 9.80 Å². The third-order valence-corrected chi connectivity index (χ3v) is 3.76. The number of allylic oxidation sites excluding steroid dienone is 4. The van der Waals surface area contributed by atoms with Gasteiger partial charge in [0.25, 0.3) is 0 Å². The molecule has 2 aliphatic rings. The fourth-order valence-corrected chi connectivity index (χ4v) is 2.80. The highest BCUT2D eigenvalue weighted by Gasteiger charge is 2.20. The van der Waals surface area contributed by atoms with E-state index in [1.165, 1.54) is 6.42 Å². The largest absolute Gasteiger partial charge is 0.305 e. The SMILES string of the molecule is CC1=CC(C)(F)C=C(CN2CCCN(C)CC2)C=C1. The van der Waals surface area contributed by atoms with Gasteiger partial charge in [-0.3, -0.25) is 4.90 Å². The molecule has 1 unspecified atom stereocenters. The number of alkyl halides is 1. The molecule has 2 rings (SSSR count). The maximum absolute atomic E-state index is 14.3. The Morgan fingerprint density at radius 1 is 1.16 bits per heavy atom. The number of hydrogen-bond donors (Lipinski definition) is 0. The minimum Gasteiger partial charge on any atom is -0.305 e. The molecule has 0 bridgehead atoms. The summed E-state index contributed by atoms with van der Waals surface area (Å²) in [6.07, 6.45) is 8.71. The lowest BCUT2D eigenvalue weighted by molar-refractivity contribution is 0.292. The molecule has 1 aliphatic heterocycles. The highest BCUT2D eigenvalue weighted by molar-refractivity contribution is 5.37. The van der Waals surface area contributed by atoms with Crippen LogP contribution in [0.15, 0.2) is 35.5 Å². The van der Waals surface area contributed by atoms with Gasteiger partial charge in [-0.1, -0.05) is 17.7 Å². The molecule has 0 aromatic heterocycles. The first-order chi connectivity index (χ1) is 8.94. The first-order valence-corrected chi connectivity index (χ1v) is 7.14. The summed E-state index contributed by atoms with van der Waals surface area (Å²) in [6, 6.07) is 0. The van der Waals surface area contributed by atoms with Crippen molar-refractivity contribution >= 4 is 0 Å². The van der Waals surface area contributed by atoms with Crippen LogP contribution < -0.4 is 0 Å². The molecule has 0 aromatic carbocycles. The van der Waals surface area contributed by atoms with E-state index in [0.29, 0.717) is 0 Å². The average molecular weight is 264 g/mol. The Kier molecular flexibility index (Phi) is 4.58. The topological polar surface area (TPSA) is 6.48 Å². The van der Waals surface area contributed by atoms with Crippen molar-refractivity contribution in [2.45, 2.75) is 25.9 Å². The summed E-state index contributed by atoms with van der Waals surface area (Å²) < 4.78 is 14.3. The van der Waals surface area contributed by atoms with Crippen molar-refractivity contribution in [3.8, 4) is 0 Å². The minimum atomic E-state index is -1.33. The molecule has 0 aromatic rings. The zero-order chi connectivity index (χ0) is 13.9. The smallest absolute Gasteiger partial charge is 0.145 e. The fourth-order valence-electron chi connectivity index (χ4n) is 2.80. The monoisotopic (exact) mass is 264 g/mol. The lowest BCUT2D eigenvalue weighted by Gasteiger charge is -2.21. The number of halogens is 1. The van der Waals surface area contributed by atoms with E-state index < -0.39 is 5.67 Å². The lowest BCUT2D eigenvalue weighted by Crippen LogP contribution is -2.30. The Bertz CT molecular complexity index is 407. The van der Waals surface area contributed by atoms with E-state index in [0.717, 1.165) is 43.9 Å². The molecule has 2 nitrogen and oxygen atoms in total. The van der Waals surface area contributed by atoms with Crippen molar-refractivity contribution in [3.63, 3.8) is 0 Å². The summed E-state index contributed by atoms with van der Waals surface area (Å²) in [7, 11) is 2.17. The maximum atomic E-state index is 14.3. The summed E-state index contributed by atoms with van der Waals surface area (Å²) in [5.74, 6) is 0. The number of likely N-dealkylation sites (N-methyl/N-ethyl adjacent to an activating group) is 1. The number of rotatable bonds is 2. The molecule has 3 heteroatoms. The van der Waals surface area contributed by atoms with Gasteiger partial charge in [0.2, 0.25) is 0 Å². The van der Waals surface area contributed by atoms with Crippen LogP contribution in [-0.4, -0.2) is 55.2 Å². The van der Waals surface area contributed by atoms with E-state index in [4.69, 9.17) is 0 Å². The summed E-state index contributed by atoms with van der Waals surface area (Å²) >= 11 is 0. The van der Waals surface area contributed by atoms with Crippen LogP contribution in [0.1, 0.15) is 20.3 Å². The molecular formula is C16H25FN2. The fraction of sp³-hybridized carbons (Fsp3) is 0.625. The molecule has 19 heavy (non-hydrogen) atoms. The lowest BCUT2D eigenvalue weighted by atomic mass is 10.0. The first-order valence-electron chi connectivity index (χ1n) is 7.14. The van der Waals surface area contributed by atoms with Gasteiger partial charge in [-0.05, 0) is 58.1 Å². The quantitative estimate of drug-likeness (QED) is 0.757. The van der Waals surface area contributed by atoms with Gasteiger partial charge >= 0.3 is 0 Å². The molecule has 1 fully saturated rings. The molecule has 1 heterocycles. The predicted molar refractivity (Wildman–Crippen MR) is 79.0 cm³/mol. The van der Waals surface area contributed by atoms with Gasteiger partial charge in [-0.2, -0.15) is 0 Å². The summed E-state index contributed by atoms with van der Waals surface area (Å²) in [6.45, 7) is 8.85. The van der Waals surface area contributed by atoms with Gasteiger partial charge < -0.3 is 4.90 Å². The standard InChI is InChI=1S/C16H25FN2/c1-14-5-6-15(12-16(2,17)11-14)13-19-8-4-7-18(3)9-10-19/h5-6,11-12H,4,7-10,13H2,1-3H3. The first kappa shape index (κ1) is 14.5. The Labute approximate surface area is 116 Å². The van der Waals surface area contributed by atoms with Crippen LogP contribution in [0.4, 0.5) is 4.39 Å². The molecule has 1 atom stereocenters. The Morgan fingerprint density at radius 2 is 1.95 bits per heavy atom. The molecule has 0 radical (unpaired) electrons. The Balaban J connectivity index is 2.02. The average Bonchev–Trinajstić information content (AvgIpc) is 2.56. The molecule has 1 aliphatic carbocycles. The highest BCUT2D eigenvalue weighted by Crippen LogP contribution is 2.23. The van der Waals surface area contributed by atoms with E-state index in [1.54, 1.807) is 19.1 Å². The van der Waals surface area contributed by atoms with Crippen molar-refractivity contribution < 1.29 is 4.39 Å². The van der Waals surface area contributed by atoms with Crippen LogP contribution in [0.2, 0.25) is 0 Å². The maximum Gasteiger partial charge on any atom is 0.145 e. The van der Waals surface area contributed by atoms with Gasteiger partial charge in [-0.15, -0.1) is 0 Å². The van der Waals surface area contributed by atoms with Crippen LogP contribution in [0.3, 0.4) is 0 Å². The van der Waals surface area contributed by atoms with E-state index in [9.17, 15) is 4.39 Å². The molecular weight excluding hydrogens is 239 g/mol. The van der Waals surface area contributed by atoms with Gasteiger partial charge in [0.1, 0.15) is 5.67 Å². The van der Waals surface area contributed by atoms with Gasteiger partial charge in [0, 0.05) is 19.6 Å². The summed E-state index contributed by atoms with van der Waals surface area (Å²) in [4.78, 5) is 4.79. The molecule has 1 saturated heterocycles. The van der Waals surface area contributed by atoms with Crippen molar-refractivity contribution in [3.05, 3.63) is 35.5 Å². The van der Waals surface area contributed by atoms with Crippen LogP contribution in [0.25, 0.3) is 0 Å². The molecule has 0 amide bonds. The second kappa shape index (κ2) is 6.02. The molecule has 106 valence electrons. The van der Waals surface area contributed by atoms with Crippen molar-refractivity contribution in [2.24, 2.45) is 0 Å². The van der Waals surface area contributed by atoms with Crippen molar-refractivity contribution in [1.29, 1.82) is 0 Å². The number of nitrogens with zero attached hydrogens (tertiary/aromatic N) is 2. The van der Waals surface area contributed by atoms with Crippen LogP contribution in [-0.2, 0) is 0 Å². The molecule has 0 N–H and O–H groups in total. The van der Waals surface area contributed by atoms with E-state index in [-0.39, 0.29) is 0 Å². The zero-order valence-electron chi connectivity index (χ0n) is 12.3. The van der Waals surface area contributed by atoms with Gasteiger partial charge in [0.15, 0.2) is 0 Å². The van der Waals surface area contributed by atoms with Crippen LogP contribution in [0, 0.1) is 0 Å². The third kappa shape index (κ3) is 4.59. The van der Waals surface area contributed by atoms with Crippen molar-refractivity contribution in [2.75, 3.05) is 39.8 Å². The summed E-state index contributed by atoms with van der Waals surface area (Å²) in [5, 5.41) is 0. The Morgan fingerprint density at radius 3 is 2.74 bits per heavy atom. The minimum absolute atomic E-state index is 0.852. The predicted octanol–water partition coefficient (Wildman–Crippen LogP) is 2.79. The zero-order valence-corrected chi connectivity index (χ0v) is 12.3. The second-order valence-corrected chi connectivity index (χ2v) is 6.03. The third-order valence-electron chi connectivity index (χ3n) is 3.76. The number of hydrogen-bond acceptors (Lipinski definition) is 2. The van der Waals surface area contributed by atoms with Gasteiger partial charge in [-0.25, -0.2) is 4.39 Å². The van der Waals surface area contributed by atoms with E-state index >= 15 is 0 Å². The van der Waals surface area contributed by atoms with E-state index in [2.05, 4.69) is 22.9 Å². The normalized spacial score (nSPS) is 30.5. The highest BCUT2D eigenvalue weighted by atomic mass is 19.1. The summed E-state index contributed by atoms with van der Waals surface area (Å²) in [5.41, 5.74) is 0.750. The van der Waals surface area contributed by atoms with E-state index in [1.807, 2.05) is 13.0 Å². The molecule has 0 spiro atoms. The molecule has 0 saturated carbocycles. The van der Waals surface area contributed by atoms with Crippen LogP contribution in [0.5, 0.6) is 0 Å². The second-order valence-electron chi connectivity index (χ2n) is 6.03. The van der Waals surface area contributed by atoms with Gasteiger partial charge in [0.05, 0.1) is 0 Å².